The fourth-order valence-corrected chi connectivity index (χ4v) is 3.54. The van der Waals surface area contributed by atoms with Gasteiger partial charge in [-0.15, -0.1) is 11.3 Å². The molecule has 0 bridgehead atoms. The quantitative estimate of drug-likeness (QED) is 0.415. The molecule has 2 heterocycles. The standard InChI is InChI=1S/C23H19FN4O2S/c1-16-26-18(15-31-16)14-30-21-9-3-2-6-17(21)10-11-22(29)27-23-19(24)7-4-8-20(23)28-13-5-12-25-28/h2-13,15H,14H2,1H3,(H,27,29). The molecule has 0 spiro atoms. The predicted octanol–water partition coefficient (Wildman–Crippen LogP) is 5.01. The summed E-state index contributed by atoms with van der Waals surface area (Å²) in [6.07, 6.45) is 6.23. The first-order valence-corrected chi connectivity index (χ1v) is 10.4. The molecule has 4 aromatic rings. The van der Waals surface area contributed by atoms with Crippen molar-refractivity contribution in [1.82, 2.24) is 14.8 Å². The number of hydrogen-bond acceptors (Lipinski definition) is 5. The Balaban J connectivity index is 1.48. The molecule has 8 heteroatoms. The van der Waals surface area contributed by atoms with Gasteiger partial charge in [-0.2, -0.15) is 5.10 Å². The van der Waals surface area contributed by atoms with Gasteiger partial charge in [0.2, 0.25) is 5.91 Å². The first-order valence-electron chi connectivity index (χ1n) is 9.50. The lowest BCUT2D eigenvalue weighted by Gasteiger charge is -2.11. The average molecular weight is 434 g/mol. The Morgan fingerprint density at radius 1 is 1.23 bits per heavy atom. The summed E-state index contributed by atoms with van der Waals surface area (Å²) < 4.78 is 21.7. The molecule has 0 aliphatic rings. The summed E-state index contributed by atoms with van der Waals surface area (Å²) in [7, 11) is 0. The van der Waals surface area contributed by atoms with E-state index in [1.165, 1.54) is 16.8 Å². The second-order valence-electron chi connectivity index (χ2n) is 6.59. The summed E-state index contributed by atoms with van der Waals surface area (Å²) in [6.45, 7) is 2.28. The van der Waals surface area contributed by atoms with Crippen LogP contribution in [0.1, 0.15) is 16.3 Å². The highest BCUT2D eigenvalue weighted by Crippen LogP contribution is 2.24. The number of thiazole rings is 1. The van der Waals surface area contributed by atoms with Gasteiger partial charge in [-0.3, -0.25) is 4.79 Å². The lowest BCUT2D eigenvalue weighted by Crippen LogP contribution is -2.12. The third-order valence-electron chi connectivity index (χ3n) is 4.37. The van der Waals surface area contributed by atoms with Crippen LogP contribution >= 0.6 is 11.3 Å². The van der Waals surface area contributed by atoms with Crippen LogP contribution in [-0.2, 0) is 11.4 Å². The second kappa shape index (κ2) is 9.36. The Bertz CT molecular complexity index is 1220. The molecule has 1 amide bonds. The Labute approximate surface area is 182 Å². The van der Waals surface area contributed by atoms with Crippen LogP contribution in [-0.4, -0.2) is 20.7 Å². The Morgan fingerprint density at radius 2 is 2.10 bits per heavy atom. The van der Waals surface area contributed by atoms with E-state index in [0.29, 0.717) is 18.0 Å². The number of para-hydroxylation sites is 2. The van der Waals surface area contributed by atoms with Crippen LogP contribution in [0.25, 0.3) is 11.8 Å². The van der Waals surface area contributed by atoms with Gasteiger partial charge in [0.05, 0.1) is 16.4 Å². The zero-order chi connectivity index (χ0) is 21.6. The number of nitrogens with one attached hydrogen (secondary N) is 1. The van der Waals surface area contributed by atoms with Gasteiger partial charge in [0.15, 0.2) is 0 Å². The molecule has 0 unspecified atom stereocenters. The maximum atomic E-state index is 14.4. The summed E-state index contributed by atoms with van der Waals surface area (Å²) in [5.41, 5.74) is 2.08. The minimum Gasteiger partial charge on any atom is -0.487 e. The minimum atomic E-state index is -0.544. The molecule has 1 N–H and O–H groups in total. The normalized spacial score (nSPS) is 11.0. The monoisotopic (exact) mass is 434 g/mol. The lowest BCUT2D eigenvalue weighted by atomic mass is 10.2. The SMILES string of the molecule is Cc1nc(COc2ccccc2C=CC(=O)Nc2c(F)cccc2-n2cccn2)cs1. The topological polar surface area (TPSA) is 69.0 Å². The average Bonchev–Trinajstić information content (AvgIpc) is 3.45. The number of nitrogens with zero attached hydrogens (tertiary/aromatic N) is 3. The molecule has 0 saturated carbocycles. The molecule has 6 nitrogen and oxygen atoms in total. The van der Waals surface area contributed by atoms with Crippen molar-refractivity contribution in [2.45, 2.75) is 13.5 Å². The van der Waals surface area contributed by atoms with Crippen LogP contribution in [0.4, 0.5) is 10.1 Å². The number of anilines is 1. The van der Waals surface area contributed by atoms with Crippen molar-refractivity contribution in [3.63, 3.8) is 0 Å². The van der Waals surface area contributed by atoms with Crippen LogP contribution in [0, 0.1) is 12.7 Å². The van der Waals surface area contributed by atoms with Gasteiger partial charge in [0.1, 0.15) is 23.9 Å². The van der Waals surface area contributed by atoms with Gasteiger partial charge >= 0.3 is 0 Å². The number of benzene rings is 2. The summed E-state index contributed by atoms with van der Waals surface area (Å²) in [4.78, 5) is 16.9. The van der Waals surface area contributed by atoms with E-state index in [1.54, 1.807) is 48.0 Å². The van der Waals surface area contributed by atoms with E-state index in [-0.39, 0.29) is 5.69 Å². The van der Waals surface area contributed by atoms with Crippen molar-refractivity contribution in [1.29, 1.82) is 0 Å². The summed E-state index contributed by atoms with van der Waals surface area (Å²) in [5, 5.41) is 9.64. The maximum absolute atomic E-state index is 14.4. The fourth-order valence-electron chi connectivity index (χ4n) is 2.94. The van der Waals surface area contributed by atoms with E-state index >= 15 is 0 Å². The lowest BCUT2D eigenvalue weighted by molar-refractivity contribution is -0.111. The molecule has 0 saturated heterocycles. The highest BCUT2D eigenvalue weighted by molar-refractivity contribution is 7.09. The largest absolute Gasteiger partial charge is 0.487 e. The summed E-state index contributed by atoms with van der Waals surface area (Å²) in [6, 6.07) is 13.6. The number of rotatable bonds is 7. The second-order valence-corrected chi connectivity index (χ2v) is 7.65. The van der Waals surface area contributed by atoms with Gasteiger partial charge in [-0.1, -0.05) is 24.3 Å². The third-order valence-corrected chi connectivity index (χ3v) is 5.19. The molecule has 0 radical (unpaired) electrons. The Kier molecular flexibility index (Phi) is 6.18. The molecule has 31 heavy (non-hydrogen) atoms. The van der Waals surface area contributed by atoms with Gasteiger partial charge in [0.25, 0.3) is 0 Å². The van der Waals surface area contributed by atoms with E-state index in [0.717, 1.165) is 16.3 Å². The molecular formula is C23H19FN4O2S. The van der Waals surface area contributed by atoms with E-state index < -0.39 is 11.7 Å². The first kappa shape index (κ1) is 20.5. The molecular weight excluding hydrogens is 415 g/mol. The van der Waals surface area contributed by atoms with Gasteiger partial charge < -0.3 is 10.1 Å². The molecule has 0 fully saturated rings. The first-order chi connectivity index (χ1) is 15.1. The predicted molar refractivity (Wildman–Crippen MR) is 119 cm³/mol. The number of hydrogen-bond donors (Lipinski definition) is 1. The highest BCUT2D eigenvalue weighted by Gasteiger charge is 2.12. The number of carbonyl (C=O) groups is 1. The number of ether oxygens (including phenoxy) is 1. The molecule has 0 atom stereocenters. The van der Waals surface area contributed by atoms with Crippen LogP contribution in [0.2, 0.25) is 0 Å². The zero-order valence-electron chi connectivity index (χ0n) is 16.7. The number of aryl methyl sites for hydroxylation is 1. The van der Waals surface area contributed by atoms with E-state index in [4.69, 9.17) is 4.74 Å². The number of carbonyl (C=O) groups excluding carboxylic acids is 1. The number of amides is 1. The molecule has 2 aromatic heterocycles. The summed E-state index contributed by atoms with van der Waals surface area (Å²) in [5.74, 6) is -0.388. The van der Waals surface area contributed by atoms with Gasteiger partial charge in [-0.05, 0) is 37.3 Å². The number of halogens is 1. The summed E-state index contributed by atoms with van der Waals surface area (Å²) >= 11 is 1.57. The minimum absolute atomic E-state index is 0.0595. The van der Waals surface area contributed by atoms with E-state index in [1.807, 2.05) is 36.6 Å². The Hall–Kier alpha value is -3.78. The van der Waals surface area contributed by atoms with Crippen LogP contribution in [0.3, 0.4) is 0 Å². The van der Waals surface area contributed by atoms with Crippen molar-refractivity contribution in [3.8, 4) is 11.4 Å². The van der Waals surface area contributed by atoms with Gasteiger partial charge in [-0.25, -0.2) is 14.1 Å². The van der Waals surface area contributed by atoms with Crippen molar-refractivity contribution in [2.75, 3.05) is 5.32 Å². The third kappa shape index (κ3) is 5.04. The molecule has 0 aliphatic heterocycles. The molecule has 156 valence electrons. The van der Waals surface area contributed by atoms with Crippen LogP contribution in [0.15, 0.2) is 72.4 Å². The van der Waals surface area contributed by atoms with Crippen molar-refractivity contribution >= 4 is 29.0 Å². The highest BCUT2D eigenvalue weighted by atomic mass is 32.1. The Morgan fingerprint density at radius 3 is 2.87 bits per heavy atom. The van der Waals surface area contributed by atoms with Gasteiger partial charge in [0, 0.05) is 29.4 Å². The zero-order valence-corrected chi connectivity index (χ0v) is 17.5. The van der Waals surface area contributed by atoms with Crippen molar-refractivity contribution in [3.05, 3.63) is 94.5 Å². The smallest absolute Gasteiger partial charge is 0.248 e. The fraction of sp³-hybridized carbons (Fsp3) is 0.0870. The molecule has 4 rings (SSSR count). The van der Waals surface area contributed by atoms with E-state index in [9.17, 15) is 9.18 Å². The van der Waals surface area contributed by atoms with Crippen LogP contribution < -0.4 is 10.1 Å². The molecule has 2 aromatic carbocycles. The maximum Gasteiger partial charge on any atom is 0.248 e. The van der Waals surface area contributed by atoms with E-state index in [2.05, 4.69) is 15.4 Å². The van der Waals surface area contributed by atoms with Crippen molar-refractivity contribution < 1.29 is 13.9 Å². The number of aromatic nitrogens is 3. The van der Waals surface area contributed by atoms with Crippen molar-refractivity contribution in [2.24, 2.45) is 0 Å². The van der Waals surface area contributed by atoms with Crippen LogP contribution in [0.5, 0.6) is 5.75 Å². The molecule has 0 aliphatic carbocycles.